The minimum atomic E-state index is -0.309. The number of aromatic nitrogens is 3. The minimum Gasteiger partial charge on any atom is -0.444 e. The van der Waals surface area contributed by atoms with Crippen LogP contribution >= 0.6 is 23.1 Å². The lowest BCUT2D eigenvalue weighted by Gasteiger charge is -2.09. The van der Waals surface area contributed by atoms with Crippen molar-refractivity contribution in [3.8, 4) is 11.5 Å². The molecule has 4 rings (SSSR count). The van der Waals surface area contributed by atoms with Crippen molar-refractivity contribution in [2.45, 2.75) is 17.5 Å². The van der Waals surface area contributed by atoms with E-state index in [4.69, 9.17) is 4.42 Å². The molecule has 0 aliphatic heterocycles. The fourth-order valence-corrected chi connectivity index (χ4v) is 4.26. The highest BCUT2D eigenvalue weighted by atomic mass is 32.2. The molecule has 1 aromatic carbocycles. The number of halogens is 1. The summed E-state index contributed by atoms with van der Waals surface area (Å²) in [5.41, 5.74) is 1.34. The highest BCUT2D eigenvalue weighted by Crippen LogP contribution is 2.26. The Bertz CT molecular complexity index is 1160. The fourth-order valence-electron chi connectivity index (χ4n) is 2.57. The van der Waals surface area contributed by atoms with Crippen LogP contribution in [0.25, 0.3) is 21.7 Å². The van der Waals surface area contributed by atoms with Gasteiger partial charge in [0.25, 0.3) is 5.56 Å². The third-order valence-corrected chi connectivity index (χ3v) is 5.67. The maximum Gasteiger partial charge on any atom is 0.263 e. The number of fused-ring (bicyclic) bond motifs is 1. The molecule has 0 atom stereocenters. The first-order valence-electron chi connectivity index (χ1n) is 8.08. The number of nitrogens with zero attached hydrogens (tertiary/aromatic N) is 3. The van der Waals surface area contributed by atoms with Gasteiger partial charge in [-0.15, -0.1) is 17.9 Å². The topological polar surface area (TPSA) is 60.9 Å². The lowest BCUT2D eigenvalue weighted by molar-refractivity contribution is 0.572. The van der Waals surface area contributed by atoms with Gasteiger partial charge in [-0.3, -0.25) is 9.36 Å². The molecule has 0 spiro atoms. The number of benzene rings is 1. The van der Waals surface area contributed by atoms with Gasteiger partial charge in [0.05, 0.1) is 11.1 Å². The molecule has 0 fully saturated rings. The number of allylic oxidation sites excluding steroid dienone is 1. The van der Waals surface area contributed by atoms with Gasteiger partial charge >= 0.3 is 0 Å². The first kappa shape index (κ1) is 17.7. The second-order valence-electron chi connectivity index (χ2n) is 5.68. The number of hydrogen-bond acceptors (Lipinski definition) is 6. The van der Waals surface area contributed by atoms with E-state index < -0.39 is 0 Å². The Balaban J connectivity index is 1.58. The molecule has 136 valence electrons. The van der Waals surface area contributed by atoms with Gasteiger partial charge in [-0.05, 0) is 35.7 Å². The van der Waals surface area contributed by atoms with Crippen molar-refractivity contribution in [3.63, 3.8) is 0 Å². The Morgan fingerprint density at radius 1 is 1.26 bits per heavy atom. The van der Waals surface area contributed by atoms with Crippen molar-refractivity contribution in [2.75, 3.05) is 0 Å². The molecular formula is C19H14FN3O2S2. The van der Waals surface area contributed by atoms with E-state index in [-0.39, 0.29) is 11.4 Å². The SMILES string of the molecule is C=CCn1c(SCc2coc(-c3ccc(F)cc3)n2)nc2sccc2c1=O. The summed E-state index contributed by atoms with van der Waals surface area (Å²) in [5.74, 6) is 0.609. The Morgan fingerprint density at radius 3 is 2.85 bits per heavy atom. The molecule has 8 heteroatoms. The molecule has 4 aromatic rings. The van der Waals surface area contributed by atoms with Crippen molar-refractivity contribution >= 4 is 33.3 Å². The third-order valence-electron chi connectivity index (χ3n) is 3.85. The van der Waals surface area contributed by atoms with E-state index in [2.05, 4.69) is 16.5 Å². The van der Waals surface area contributed by atoms with Crippen molar-refractivity contribution < 1.29 is 8.81 Å². The predicted octanol–water partition coefficient (Wildman–Crippen LogP) is 4.73. The third kappa shape index (κ3) is 3.58. The Labute approximate surface area is 162 Å². The van der Waals surface area contributed by atoms with E-state index in [0.29, 0.717) is 40.0 Å². The second-order valence-corrected chi connectivity index (χ2v) is 7.51. The van der Waals surface area contributed by atoms with E-state index in [0.717, 1.165) is 4.83 Å². The van der Waals surface area contributed by atoms with Gasteiger partial charge in [-0.2, -0.15) is 0 Å². The van der Waals surface area contributed by atoms with Crippen LogP contribution in [0.15, 0.2) is 69.0 Å². The molecule has 0 aliphatic carbocycles. The van der Waals surface area contributed by atoms with Crippen molar-refractivity contribution in [1.82, 2.24) is 14.5 Å². The highest BCUT2D eigenvalue weighted by Gasteiger charge is 2.13. The van der Waals surface area contributed by atoms with Crippen LogP contribution in [0.3, 0.4) is 0 Å². The number of hydrogen-bond donors (Lipinski definition) is 0. The summed E-state index contributed by atoms with van der Waals surface area (Å²) >= 11 is 2.85. The predicted molar refractivity (Wildman–Crippen MR) is 106 cm³/mol. The van der Waals surface area contributed by atoms with Gasteiger partial charge in [-0.1, -0.05) is 17.8 Å². The molecule has 0 saturated heterocycles. The first-order valence-corrected chi connectivity index (χ1v) is 9.94. The molecular weight excluding hydrogens is 385 g/mol. The van der Waals surface area contributed by atoms with Crippen LogP contribution in [-0.4, -0.2) is 14.5 Å². The molecule has 5 nitrogen and oxygen atoms in total. The van der Waals surface area contributed by atoms with Crippen LogP contribution in [0.2, 0.25) is 0 Å². The zero-order valence-corrected chi connectivity index (χ0v) is 15.7. The maximum absolute atomic E-state index is 13.0. The van der Waals surface area contributed by atoms with Gasteiger partial charge < -0.3 is 4.42 Å². The standard InChI is InChI=1S/C19H14FN3O2S2/c1-2-8-23-18(24)15-7-9-26-17(15)22-19(23)27-11-14-10-25-16(21-14)12-3-5-13(20)6-4-12/h2-7,9-10H,1,8,11H2. The van der Waals surface area contributed by atoms with Gasteiger partial charge in [0.2, 0.25) is 5.89 Å². The summed E-state index contributed by atoms with van der Waals surface area (Å²) in [5, 5.41) is 3.09. The Morgan fingerprint density at radius 2 is 2.07 bits per heavy atom. The Kier molecular flexibility index (Phi) is 4.91. The normalized spacial score (nSPS) is 11.1. The lowest BCUT2D eigenvalue weighted by atomic mass is 10.2. The van der Waals surface area contributed by atoms with Crippen LogP contribution in [-0.2, 0) is 12.3 Å². The second kappa shape index (κ2) is 7.50. The zero-order chi connectivity index (χ0) is 18.8. The van der Waals surface area contributed by atoms with E-state index in [1.54, 1.807) is 35.1 Å². The zero-order valence-electron chi connectivity index (χ0n) is 14.1. The summed E-state index contributed by atoms with van der Waals surface area (Å²) in [4.78, 5) is 22.4. The van der Waals surface area contributed by atoms with Gasteiger partial charge in [0.15, 0.2) is 5.16 Å². The van der Waals surface area contributed by atoms with Crippen LogP contribution in [0.4, 0.5) is 4.39 Å². The molecule has 0 saturated carbocycles. The molecule has 0 N–H and O–H groups in total. The van der Waals surface area contributed by atoms with Crippen molar-refractivity contribution in [2.24, 2.45) is 0 Å². The summed E-state index contributed by atoms with van der Waals surface area (Å²) < 4.78 is 20.1. The summed E-state index contributed by atoms with van der Waals surface area (Å²) in [6.07, 6.45) is 3.24. The highest BCUT2D eigenvalue weighted by molar-refractivity contribution is 7.98. The van der Waals surface area contributed by atoms with E-state index in [1.807, 2.05) is 5.38 Å². The molecule has 0 aliphatic rings. The summed E-state index contributed by atoms with van der Waals surface area (Å²) in [7, 11) is 0. The minimum absolute atomic E-state index is 0.0733. The first-order chi connectivity index (χ1) is 13.2. The molecule has 0 bridgehead atoms. The number of thioether (sulfide) groups is 1. The average Bonchev–Trinajstić information content (AvgIpc) is 3.33. The summed E-state index contributed by atoms with van der Waals surface area (Å²) in [6, 6.07) is 7.75. The number of rotatable bonds is 6. The summed E-state index contributed by atoms with van der Waals surface area (Å²) in [6.45, 7) is 4.11. The van der Waals surface area contributed by atoms with Crippen LogP contribution in [0.1, 0.15) is 5.69 Å². The molecule has 0 radical (unpaired) electrons. The van der Waals surface area contributed by atoms with Crippen molar-refractivity contribution in [3.05, 3.63) is 76.5 Å². The average molecular weight is 399 g/mol. The quantitative estimate of drug-likeness (QED) is 0.266. The molecule has 0 unspecified atom stereocenters. The molecule has 3 heterocycles. The monoisotopic (exact) mass is 399 g/mol. The lowest BCUT2D eigenvalue weighted by Crippen LogP contribution is -2.22. The van der Waals surface area contributed by atoms with Crippen molar-refractivity contribution in [1.29, 1.82) is 0 Å². The smallest absolute Gasteiger partial charge is 0.263 e. The van der Waals surface area contributed by atoms with Crippen LogP contribution < -0.4 is 5.56 Å². The van der Waals surface area contributed by atoms with E-state index >= 15 is 0 Å². The van der Waals surface area contributed by atoms with Gasteiger partial charge in [-0.25, -0.2) is 14.4 Å². The number of thiophene rings is 1. The van der Waals surface area contributed by atoms with Crippen LogP contribution in [0, 0.1) is 5.82 Å². The molecule has 3 aromatic heterocycles. The Hall–Kier alpha value is -2.71. The molecule has 0 amide bonds. The maximum atomic E-state index is 13.0. The number of oxazole rings is 1. The largest absolute Gasteiger partial charge is 0.444 e. The molecule has 27 heavy (non-hydrogen) atoms. The van der Waals surface area contributed by atoms with E-state index in [1.165, 1.54) is 35.2 Å². The van der Waals surface area contributed by atoms with Gasteiger partial charge in [0, 0.05) is 17.9 Å². The van der Waals surface area contributed by atoms with Crippen LogP contribution in [0.5, 0.6) is 0 Å². The van der Waals surface area contributed by atoms with Gasteiger partial charge in [0.1, 0.15) is 16.9 Å². The fraction of sp³-hybridized carbons (Fsp3) is 0.105. The van der Waals surface area contributed by atoms with E-state index in [9.17, 15) is 9.18 Å².